The van der Waals surface area contributed by atoms with Crippen molar-refractivity contribution in [1.82, 2.24) is 0 Å². The Morgan fingerprint density at radius 1 is 1.18 bits per heavy atom. The summed E-state index contributed by atoms with van der Waals surface area (Å²) in [6, 6.07) is 8.31. The summed E-state index contributed by atoms with van der Waals surface area (Å²) < 4.78 is 0. The number of phenolic OH excluding ortho intramolecular Hbond substituents is 2. The molecule has 7 nitrogen and oxygen atoms in total. The summed E-state index contributed by atoms with van der Waals surface area (Å²) in [5.41, 5.74) is -3.53. The van der Waals surface area contributed by atoms with Crippen molar-refractivity contribution in [2.75, 3.05) is 0 Å². The number of ketones is 1. The van der Waals surface area contributed by atoms with Crippen LogP contribution in [0.25, 0.3) is 0 Å². The van der Waals surface area contributed by atoms with Gasteiger partial charge in [0.05, 0.1) is 16.1 Å². The molecule has 0 aromatic heterocycles. The number of nitro benzene ring substituents is 1. The number of nitro groups is 1. The Morgan fingerprint density at radius 3 is 2.41 bits per heavy atom. The Balaban J connectivity index is 2.55. The first-order valence-corrected chi connectivity index (χ1v) is 6.13. The third-order valence-electron chi connectivity index (χ3n) is 3.15. The SMILES string of the molecule is [CH2]C(O)(C(=O)c1ccc(O)cc1O)c1ccccc1[N+](=O)[O-]. The largest absolute Gasteiger partial charge is 0.508 e. The minimum absolute atomic E-state index is 0.271. The van der Waals surface area contributed by atoms with Crippen LogP contribution in [0.15, 0.2) is 42.5 Å². The highest BCUT2D eigenvalue weighted by Crippen LogP contribution is 2.34. The van der Waals surface area contributed by atoms with Gasteiger partial charge in [-0.05, 0) is 25.1 Å². The Labute approximate surface area is 125 Å². The van der Waals surface area contributed by atoms with Gasteiger partial charge in [0, 0.05) is 12.1 Å². The first-order valence-electron chi connectivity index (χ1n) is 6.13. The van der Waals surface area contributed by atoms with E-state index in [1.807, 2.05) is 0 Å². The maximum absolute atomic E-state index is 12.4. The van der Waals surface area contributed by atoms with Gasteiger partial charge in [0.2, 0.25) is 5.78 Å². The third-order valence-corrected chi connectivity index (χ3v) is 3.15. The maximum Gasteiger partial charge on any atom is 0.275 e. The van der Waals surface area contributed by atoms with E-state index in [1.54, 1.807) is 0 Å². The van der Waals surface area contributed by atoms with Gasteiger partial charge < -0.3 is 15.3 Å². The third kappa shape index (κ3) is 2.61. The van der Waals surface area contributed by atoms with E-state index in [4.69, 9.17) is 0 Å². The van der Waals surface area contributed by atoms with Crippen molar-refractivity contribution in [3.8, 4) is 11.5 Å². The number of carbonyl (C=O) groups excluding carboxylic acids is 1. The minimum atomic E-state index is -2.46. The summed E-state index contributed by atoms with van der Waals surface area (Å²) in [5, 5.41) is 40.3. The fourth-order valence-corrected chi connectivity index (χ4v) is 2.04. The van der Waals surface area contributed by atoms with E-state index in [0.29, 0.717) is 0 Å². The molecule has 0 amide bonds. The van der Waals surface area contributed by atoms with Gasteiger partial charge in [0.25, 0.3) is 5.69 Å². The number of aliphatic hydroxyl groups is 1. The molecule has 1 atom stereocenters. The van der Waals surface area contributed by atoms with Crippen LogP contribution in [0.4, 0.5) is 5.69 Å². The van der Waals surface area contributed by atoms with Gasteiger partial charge in [-0.15, -0.1) is 0 Å². The Kier molecular flexibility index (Phi) is 3.83. The van der Waals surface area contributed by atoms with Crippen LogP contribution in [-0.2, 0) is 5.60 Å². The molecule has 7 heteroatoms. The van der Waals surface area contributed by atoms with Crippen LogP contribution in [0.3, 0.4) is 0 Å². The molecule has 0 saturated carbocycles. The summed E-state index contributed by atoms with van der Waals surface area (Å²) in [5.74, 6) is -1.86. The van der Waals surface area contributed by atoms with Gasteiger partial charge in [0.1, 0.15) is 11.5 Å². The Bertz CT molecular complexity index is 753. The molecule has 2 rings (SSSR count). The maximum atomic E-state index is 12.4. The molecule has 22 heavy (non-hydrogen) atoms. The summed E-state index contributed by atoms with van der Waals surface area (Å²) in [6.07, 6.45) is 0. The molecule has 1 radical (unpaired) electrons. The molecule has 0 bridgehead atoms. The lowest BCUT2D eigenvalue weighted by atomic mass is 9.86. The number of Topliss-reactive ketones (excluding diaryl/α,β-unsaturated/α-hetero) is 1. The minimum Gasteiger partial charge on any atom is -0.508 e. The van der Waals surface area contributed by atoms with Gasteiger partial charge in [-0.25, -0.2) is 0 Å². The summed E-state index contributed by atoms with van der Waals surface area (Å²) in [6.45, 7) is 3.35. The molecule has 0 aliphatic carbocycles. The molecule has 0 spiro atoms. The second kappa shape index (κ2) is 5.45. The predicted molar refractivity (Wildman–Crippen MR) is 76.5 cm³/mol. The predicted octanol–water partition coefficient (Wildman–Crippen LogP) is 1.91. The Hall–Kier alpha value is -2.93. The molecule has 3 N–H and O–H groups in total. The van der Waals surface area contributed by atoms with Crippen molar-refractivity contribution < 1.29 is 25.0 Å². The second-order valence-electron chi connectivity index (χ2n) is 4.67. The number of benzene rings is 2. The number of hydrogen-bond acceptors (Lipinski definition) is 6. The molecule has 2 aromatic carbocycles. The highest BCUT2D eigenvalue weighted by molar-refractivity contribution is 6.06. The summed E-state index contributed by atoms with van der Waals surface area (Å²) >= 11 is 0. The van der Waals surface area contributed by atoms with Crippen molar-refractivity contribution in [2.24, 2.45) is 0 Å². The van der Waals surface area contributed by atoms with E-state index in [-0.39, 0.29) is 16.9 Å². The molecular formula is C15H12NO6. The molecule has 0 fully saturated rings. The van der Waals surface area contributed by atoms with E-state index < -0.39 is 27.7 Å². The zero-order valence-electron chi connectivity index (χ0n) is 11.3. The first kappa shape index (κ1) is 15.5. The van der Waals surface area contributed by atoms with Gasteiger partial charge in [-0.2, -0.15) is 0 Å². The monoisotopic (exact) mass is 302 g/mol. The first-order chi connectivity index (χ1) is 10.2. The zero-order chi connectivity index (χ0) is 16.5. The standard InChI is InChI=1S/C15H12NO6/c1-15(20,11-4-2-3-5-12(11)16(21)22)14(19)10-7-6-9(17)8-13(10)18/h2-8,17-18,20H,1H2. The van der Waals surface area contributed by atoms with Crippen molar-refractivity contribution >= 4 is 11.5 Å². The van der Waals surface area contributed by atoms with Crippen molar-refractivity contribution in [2.45, 2.75) is 5.60 Å². The number of rotatable bonds is 4. The number of nitrogens with zero attached hydrogens (tertiary/aromatic N) is 1. The van der Waals surface area contributed by atoms with Gasteiger partial charge >= 0.3 is 0 Å². The van der Waals surface area contributed by atoms with Gasteiger partial charge in [-0.1, -0.05) is 12.1 Å². The molecular weight excluding hydrogens is 290 g/mol. The quantitative estimate of drug-likeness (QED) is 0.450. The molecule has 2 aromatic rings. The van der Waals surface area contributed by atoms with Crippen molar-refractivity contribution in [3.63, 3.8) is 0 Å². The van der Waals surface area contributed by atoms with Gasteiger partial charge in [-0.3, -0.25) is 14.9 Å². The van der Waals surface area contributed by atoms with Crippen LogP contribution in [0, 0.1) is 17.0 Å². The fraction of sp³-hybridized carbons (Fsp3) is 0.0667. The van der Waals surface area contributed by atoms with Crippen LogP contribution in [-0.4, -0.2) is 26.0 Å². The number of aromatic hydroxyl groups is 2. The zero-order valence-corrected chi connectivity index (χ0v) is 11.3. The number of carbonyl (C=O) groups is 1. The lowest BCUT2D eigenvalue weighted by Gasteiger charge is -2.22. The lowest BCUT2D eigenvalue weighted by molar-refractivity contribution is -0.386. The van der Waals surface area contributed by atoms with E-state index in [0.717, 1.165) is 24.3 Å². The average Bonchev–Trinajstić information content (AvgIpc) is 2.46. The molecule has 0 aliphatic rings. The molecule has 0 aliphatic heterocycles. The number of hydrogen-bond donors (Lipinski definition) is 3. The number of para-hydroxylation sites is 1. The molecule has 113 valence electrons. The van der Waals surface area contributed by atoms with Crippen LogP contribution in [0.1, 0.15) is 15.9 Å². The fourth-order valence-electron chi connectivity index (χ4n) is 2.04. The lowest BCUT2D eigenvalue weighted by Crippen LogP contribution is -2.33. The smallest absolute Gasteiger partial charge is 0.275 e. The average molecular weight is 302 g/mol. The number of phenols is 2. The van der Waals surface area contributed by atoms with Gasteiger partial charge in [0.15, 0.2) is 5.60 Å². The van der Waals surface area contributed by atoms with Crippen LogP contribution < -0.4 is 0 Å². The van der Waals surface area contributed by atoms with Crippen LogP contribution in [0.5, 0.6) is 11.5 Å². The highest BCUT2D eigenvalue weighted by atomic mass is 16.6. The molecule has 0 saturated heterocycles. The van der Waals surface area contributed by atoms with E-state index >= 15 is 0 Å². The topological polar surface area (TPSA) is 121 Å². The van der Waals surface area contributed by atoms with Crippen molar-refractivity contribution in [3.05, 3.63) is 70.6 Å². The van der Waals surface area contributed by atoms with E-state index in [9.17, 15) is 30.2 Å². The Morgan fingerprint density at radius 2 is 1.82 bits per heavy atom. The van der Waals surface area contributed by atoms with Crippen molar-refractivity contribution in [1.29, 1.82) is 0 Å². The summed E-state index contributed by atoms with van der Waals surface area (Å²) in [4.78, 5) is 22.7. The second-order valence-corrected chi connectivity index (χ2v) is 4.67. The normalized spacial score (nSPS) is 13.4. The summed E-state index contributed by atoms with van der Waals surface area (Å²) in [7, 11) is 0. The highest BCUT2D eigenvalue weighted by Gasteiger charge is 2.39. The van der Waals surface area contributed by atoms with E-state index in [2.05, 4.69) is 6.92 Å². The molecule has 1 unspecified atom stereocenters. The van der Waals surface area contributed by atoms with E-state index in [1.165, 1.54) is 18.2 Å². The van der Waals surface area contributed by atoms with Crippen LogP contribution >= 0.6 is 0 Å². The van der Waals surface area contributed by atoms with Crippen LogP contribution in [0.2, 0.25) is 0 Å². The molecule has 0 heterocycles.